The molecule has 146 valence electrons. The number of hydrogen-bond donors (Lipinski definition) is 2. The number of aromatic hydroxyl groups is 1. The highest BCUT2D eigenvalue weighted by Crippen LogP contribution is 2.33. The van der Waals surface area contributed by atoms with E-state index in [1.807, 2.05) is 30.3 Å². The molecule has 28 heavy (non-hydrogen) atoms. The van der Waals surface area contributed by atoms with Gasteiger partial charge in [0.2, 0.25) is 0 Å². The first-order valence-electron chi connectivity index (χ1n) is 9.82. The van der Waals surface area contributed by atoms with Crippen LogP contribution in [0.4, 0.5) is 0 Å². The second kappa shape index (κ2) is 7.68. The molecule has 2 heterocycles. The van der Waals surface area contributed by atoms with Gasteiger partial charge < -0.3 is 19.2 Å². The van der Waals surface area contributed by atoms with Crippen molar-refractivity contribution in [2.45, 2.75) is 26.3 Å². The number of rotatable bonds is 4. The highest BCUT2D eigenvalue weighted by atomic mass is 16.5. The number of ether oxygens (including phenoxy) is 1. The minimum atomic E-state index is -0.410. The highest BCUT2D eigenvalue weighted by molar-refractivity contribution is 5.95. The smallest absolute Gasteiger partial charge is 0.336 e. The summed E-state index contributed by atoms with van der Waals surface area (Å²) in [5.41, 5.74) is 2.51. The van der Waals surface area contributed by atoms with Crippen molar-refractivity contribution in [2.75, 3.05) is 20.2 Å². The van der Waals surface area contributed by atoms with E-state index in [2.05, 4.69) is 6.92 Å². The summed E-state index contributed by atoms with van der Waals surface area (Å²) in [5.74, 6) is 1.62. The van der Waals surface area contributed by atoms with Gasteiger partial charge in [-0.2, -0.15) is 0 Å². The second-order valence-electron chi connectivity index (χ2n) is 7.78. The maximum atomic E-state index is 12.3. The topological polar surface area (TPSA) is 64.1 Å². The van der Waals surface area contributed by atoms with Crippen molar-refractivity contribution in [3.8, 4) is 22.6 Å². The summed E-state index contributed by atoms with van der Waals surface area (Å²) in [5, 5.41) is 11.4. The largest absolute Gasteiger partial charge is 0.507 e. The van der Waals surface area contributed by atoms with E-state index in [-0.39, 0.29) is 5.75 Å². The Hall–Kier alpha value is -2.79. The van der Waals surface area contributed by atoms with Crippen LogP contribution in [0.2, 0.25) is 0 Å². The predicted molar refractivity (Wildman–Crippen MR) is 109 cm³/mol. The minimum absolute atomic E-state index is 0.188. The van der Waals surface area contributed by atoms with Crippen molar-refractivity contribution in [3.63, 3.8) is 0 Å². The maximum absolute atomic E-state index is 12.3. The van der Waals surface area contributed by atoms with E-state index in [4.69, 9.17) is 9.15 Å². The van der Waals surface area contributed by atoms with E-state index in [0.29, 0.717) is 23.6 Å². The zero-order chi connectivity index (χ0) is 19.7. The Kier molecular flexibility index (Phi) is 5.09. The molecule has 0 spiro atoms. The fourth-order valence-corrected chi connectivity index (χ4v) is 4.26. The highest BCUT2D eigenvalue weighted by Gasteiger charge is 2.23. The molecular formula is C23H26NO4+. The number of piperidine rings is 1. The van der Waals surface area contributed by atoms with Crippen LogP contribution in [0, 0.1) is 5.92 Å². The molecule has 0 bridgehead atoms. The summed E-state index contributed by atoms with van der Waals surface area (Å²) in [4.78, 5) is 13.7. The number of phenols is 1. The molecule has 1 unspecified atom stereocenters. The number of likely N-dealkylation sites (tertiary alicyclic amines) is 1. The third-order valence-corrected chi connectivity index (χ3v) is 5.68. The van der Waals surface area contributed by atoms with Gasteiger partial charge in [0, 0.05) is 17.4 Å². The summed E-state index contributed by atoms with van der Waals surface area (Å²) >= 11 is 0. The lowest BCUT2D eigenvalue weighted by atomic mass is 9.97. The van der Waals surface area contributed by atoms with Gasteiger partial charge in [-0.3, -0.25) is 0 Å². The molecule has 1 aromatic heterocycles. The average molecular weight is 380 g/mol. The Morgan fingerprint density at radius 2 is 2.00 bits per heavy atom. The van der Waals surface area contributed by atoms with Crippen molar-refractivity contribution < 1.29 is 19.2 Å². The Labute approximate surface area is 164 Å². The van der Waals surface area contributed by atoms with Crippen LogP contribution in [0.15, 0.2) is 51.7 Å². The van der Waals surface area contributed by atoms with E-state index in [0.717, 1.165) is 35.4 Å². The molecule has 1 aliphatic rings. The first-order chi connectivity index (χ1) is 13.5. The quantitative estimate of drug-likeness (QED) is 0.683. The molecule has 0 saturated carbocycles. The molecule has 5 nitrogen and oxygen atoms in total. The van der Waals surface area contributed by atoms with Crippen LogP contribution in [0.1, 0.15) is 25.3 Å². The van der Waals surface area contributed by atoms with E-state index in [1.54, 1.807) is 13.2 Å². The first-order valence-corrected chi connectivity index (χ1v) is 9.82. The summed E-state index contributed by atoms with van der Waals surface area (Å²) < 4.78 is 10.8. The van der Waals surface area contributed by atoms with E-state index in [1.165, 1.54) is 23.8 Å². The van der Waals surface area contributed by atoms with Crippen LogP contribution in [0.5, 0.6) is 11.5 Å². The van der Waals surface area contributed by atoms with Gasteiger partial charge in [0.15, 0.2) is 5.58 Å². The van der Waals surface area contributed by atoms with Gasteiger partial charge in [0.25, 0.3) is 0 Å². The van der Waals surface area contributed by atoms with Gasteiger partial charge >= 0.3 is 5.63 Å². The summed E-state index contributed by atoms with van der Waals surface area (Å²) in [6.45, 7) is 5.06. The lowest BCUT2D eigenvalue weighted by Crippen LogP contribution is -3.12. The van der Waals surface area contributed by atoms with Gasteiger partial charge in [-0.05, 0) is 48.2 Å². The van der Waals surface area contributed by atoms with Gasteiger partial charge in [-0.15, -0.1) is 0 Å². The van der Waals surface area contributed by atoms with Crippen molar-refractivity contribution in [2.24, 2.45) is 5.92 Å². The minimum Gasteiger partial charge on any atom is -0.507 e. The number of methoxy groups -OCH3 is 1. The molecule has 2 atom stereocenters. The van der Waals surface area contributed by atoms with Gasteiger partial charge in [0.1, 0.15) is 18.0 Å². The number of phenolic OH excluding ortho intramolecular Hbond substituents is 1. The summed E-state index contributed by atoms with van der Waals surface area (Å²) in [6, 6.07) is 12.6. The molecule has 4 rings (SSSR count). The van der Waals surface area contributed by atoms with Crippen LogP contribution in [0.3, 0.4) is 0 Å². The van der Waals surface area contributed by atoms with Crippen molar-refractivity contribution in [1.29, 1.82) is 0 Å². The van der Waals surface area contributed by atoms with Crippen molar-refractivity contribution in [3.05, 3.63) is 58.4 Å². The lowest BCUT2D eigenvalue weighted by Gasteiger charge is -2.28. The van der Waals surface area contributed by atoms with Crippen molar-refractivity contribution >= 4 is 11.0 Å². The molecule has 1 saturated heterocycles. The summed E-state index contributed by atoms with van der Waals surface area (Å²) in [6.07, 6.45) is 2.44. The standard InChI is InChI=1S/C23H25NO4/c1-15-4-3-11-24(13-15)14-20-21(25)10-9-18-19(12-22(26)28-23(18)20)16-5-7-17(27-2)8-6-16/h5-10,12,15,25H,3-4,11,13-14H2,1-2H3/p+1/t15-/m1/s1. The Bertz CT molecular complexity index is 1040. The molecule has 2 aromatic carbocycles. The van der Waals surface area contributed by atoms with Crippen LogP contribution < -0.4 is 15.3 Å². The fourth-order valence-electron chi connectivity index (χ4n) is 4.26. The van der Waals surface area contributed by atoms with E-state index < -0.39 is 5.63 Å². The molecule has 0 radical (unpaired) electrons. The number of benzene rings is 2. The van der Waals surface area contributed by atoms with Gasteiger partial charge in [-0.1, -0.05) is 19.1 Å². The zero-order valence-electron chi connectivity index (χ0n) is 16.3. The number of quaternary nitrogens is 1. The molecule has 3 aromatic rings. The molecule has 0 aliphatic carbocycles. The Balaban J connectivity index is 1.81. The Morgan fingerprint density at radius 1 is 1.21 bits per heavy atom. The third kappa shape index (κ3) is 3.62. The van der Waals surface area contributed by atoms with Crippen molar-refractivity contribution in [1.82, 2.24) is 0 Å². The monoisotopic (exact) mass is 380 g/mol. The van der Waals surface area contributed by atoms with Gasteiger partial charge in [-0.25, -0.2) is 4.79 Å². The van der Waals surface area contributed by atoms with Gasteiger partial charge in [0.05, 0.1) is 25.8 Å². The lowest BCUT2D eigenvalue weighted by molar-refractivity contribution is -0.922. The zero-order valence-corrected chi connectivity index (χ0v) is 16.3. The third-order valence-electron chi connectivity index (χ3n) is 5.68. The van der Waals surface area contributed by atoms with E-state index in [9.17, 15) is 9.90 Å². The average Bonchev–Trinajstić information content (AvgIpc) is 2.70. The molecule has 1 aliphatic heterocycles. The van der Waals surface area contributed by atoms with Crippen LogP contribution >= 0.6 is 0 Å². The second-order valence-corrected chi connectivity index (χ2v) is 7.78. The number of nitrogens with one attached hydrogen (secondary N) is 1. The Morgan fingerprint density at radius 3 is 2.71 bits per heavy atom. The molecule has 5 heteroatoms. The molecular weight excluding hydrogens is 354 g/mol. The maximum Gasteiger partial charge on any atom is 0.336 e. The number of fused-ring (bicyclic) bond motifs is 1. The molecule has 1 fully saturated rings. The normalized spacial score (nSPS) is 19.6. The number of hydrogen-bond acceptors (Lipinski definition) is 4. The fraction of sp³-hybridized carbons (Fsp3) is 0.348. The molecule has 0 amide bonds. The SMILES string of the molecule is COc1ccc(-c2cc(=O)oc3c(C[NH+]4CCC[C@@H](C)C4)c(O)ccc23)cc1. The van der Waals surface area contributed by atoms with Crippen LogP contribution in [-0.4, -0.2) is 25.3 Å². The van der Waals surface area contributed by atoms with Crippen LogP contribution in [-0.2, 0) is 6.54 Å². The first kappa shape index (κ1) is 18.6. The van der Waals surface area contributed by atoms with E-state index >= 15 is 0 Å². The van der Waals surface area contributed by atoms with Crippen LogP contribution in [0.25, 0.3) is 22.1 Å². The molecule has 2 N–H and O–H groups in total. The predicted octanol–water partition coefficient (Wildman–Crippen LogP) is 2.99. The summed E-state index contributed by atoms with van der Waals surface area (Å²) in [7, 11) is 1.63.